The number of pyridine rings is 1. The van der Waals surface area contributed by atoms with E-state index >= 15 is 0 Å². The van der Waals surface area contributed by atoms with Gasteiger partial charge in [0.1, 0.15) is 25.3 Å². The number of hydrogen-bond donors (Lipinski definition) is 1. The molecule has 27 heavy (non-hydrogen) atoms. The topological polar surface area (TPSA) is 57.4 Å². The van der Waals surface area contributed by atoms with Crippen LogP contribution in [0.25, 0.3) is 11.3 Å². The Hall–Kier alpha value is -2.66. The number of benzene rings is 1. The number of rotatable bonds is 3. The molecule has 4 nitrogen and oxygen atoms in total. The molecule has 0 saturated carbocycles. The molecule has 144 valence electrons. The molecule has 2 N–H and O–H groups in total. The molecule has 0 unspecified atom stereocenters. The zero-order chi connectivity index (χ0) is 20.4. The normalized spacial score (nSPS) is 11.6. The Labute approximate surface area is 157 Å². The van der Waals surface area contributed by atoms with Gasteiger partial charge in [-0.3, -0.25) is 0 Å². The summed E-state index contributed by atoms with van der Waals surface area (Å²) in [7, 11) is -0.256. The minimum atomic E-state index is -4.78. The van der Waals surface area contributed by atoms with Gasteiger partial charge in [0.05, 0.1) is 18.5 Å². The van der Waals surface area contributed by atoms with Gasteiger partial charge in [0.25, 0.3) is 0 Å². The van der Waals surface area contributed by atoms with Crippen molar-refractivity contribution in [2.45, 2.75) is 32.9 Å². The molecule has 0 radical (unpaired) electrons. The van der Waals surface area contributed by atoms with Crippen LogP contribution in [0.3, 0.4) is 0 Å². The summed E-state index contributed by atoms with van der Waals surface area (Å²) in [6, 6.07) is 5.61. The summed E-state index contributed by atoms with van der Waals surface area (Å²) in [6.45, 7) is 8.13. The predicted molar refractivity (Wildman–Crippen MR) is 102 cm³/mol. The lowest BCUT2D eigenvalue weighted by Crippen LogP contribution is -2.17. The molecule has 0 fully saturated rings. The van der Waals surface area contributed by atoms with E-state index in [-0.39, 0.29) is 11.5 Å². The van der Waals surface area contributed by atoms with Crippen LogP contribution in [-0.2, 0) is 0 Å². The summed E-state index contributed by atoms with van der Waals surface area (Å²) in [4.78, 5) is 4.54. The summed E-state index contributed by atoms with van der Waals surface area (Å²) < 4.78 is 46.5. The molecule has 2 rings (SSSR count). The Morgan fingerprint density at radius 3 is 2.37 bits per heavy atom. The molecule has 0 amide bonds. The minimum Gasteiger partial charge on any atom is -0.496 e. The van der Waals surface area contributed by atoms with Crippen LogP contribution in [0.1, 0.15) is 11.3 Å². The number of nitrogens with two attached hydrogens (primary N) is 1. The lowest BCUT2D eigenvalue weighted by atomic mass is 10.0. The van der Waals surface area contributed by atoms with Gasteiger partial charge in [-0.2, -0.15) is 0 Å². The number of methoxy groups -OCH3 is 1. The highest BCUT2D eigenvalue weighted by Crippen LogP contribution is 2.36. The lowest BCUT2D eigenvalue weighted by Gasteiger charge is -2.15. The highest BCUT2D eigenvalue weighted by Gasteiger charge is 2.31. The minimum absolute atomic E-state index is 0.209. The largest absolute Gasteiger partial charge is 0.573 e. The number of alkyl halides is 3. The molecular formula is C19H21F3N2O2Si. The van der Waals surface area contributed by atoms with Gasteiger partial charge in [0.15, 0.2) is 0 Å². The van der Waals surface area contributed by atoms with Gasteiger partial charge in [-0.25, -0.2) is 4.98 Å². The molecule has 0 aliphatic carbocycles. The van der Waals surface area contributed by atoms with Crippen LogP contribution in [0.5, 0.6) is 11.5 Å². The van der Waals surface area contributed by atoms with Gasteiger partial charge in [-0.1, -0.05) is 25.6 Å². The lowest BCUT2D eigenvalue weighted by molar-refractivity contribution is -0.274. The van der Waals surface area contributed by atoms with Crippen molar-refractivity contribution in [3.8, 4) is 34.2 Å². The van der Waals surface area contributed by atoms with Gasteiger partial charge < -0.3 is 15.2 Å². The molecule has 0 bridgehead atoms. The maximum atomic E-state index is 12.4. The fourth-order valence-corrected chi connectivity index (χ4v) is 2.81. The number of hydrogen-bond acceptors (Lipinski definition) is 4. The molecule has 1 aromatic heterocycles. The van der Waals surface area contributed by atoms with E-state index in [4.69, 9.17) is 10.5 Å². The Bertz CT molecular complexity index is 910. The monoisotopic (exact) mass is 394 g/mol. The second kappa shape index (κ2) is 7.52. The fraction of sp³-hybridized carbons (Fsp3) is 0.316. The molecule has 8 heteroatoms. The maximum Gasteiger partial charge on any atom is 0.573 e. The highest BCUT2D eigenvalue weighted by atomic mass is 28.3. The van der Waals surface area contributed by atoms with E-state index in [9.17, 15) is 13.2 Å². The fourth-order valence-electron chi connectivity index (χ4n) is 2.32. The van der Waals surface area contributed by atoms with E-state index in [1.54, 1.807) is 6.07 Å². The highest BCUT2D eigenvalue weighted by molar-refractivity contribution is 6.83. The maximum absolute atomic E-state index is 12.4. The predicted octanol–water partition coefficient (Wildman–Crippen LogP) is 4.78. The Balaban J connectivity index is 2.55. The molecular weight excluding hydrogens is 373 g/mol. The third-order valence-corrected chi connectivity index (χ3v) is 4.34. The first-order valence-electron chi connectivity index (χ1n) is 8.14. The number of halogens is 3. The van der Waals surface area contributed by atoms with Gasteiger partial charge in [0.2, 0.25) is 0 Å². The van der Waals surface area contributed by atoms with Gasteiger partial charge in [-0.05, 0) is 30.7 Å². The van der Waals surface area contributed by atoms with Crippen molar-refractivity contribution in [1.29, 1.82) is 0 Å². The number of aromatic nitrogens is 1. The smallest absolute Gasteiger partial charge is 0.496 e. The molecule has 0 aliphatic rings. The van der Waals surface area contributed by atoms with Crippen LogP contribution >= 0.6 is 0 Å². The first-order chi connectivity index (χ1) is 12.4. The van der Waals surface area contributed by atoms with Gasteiger partial charge >= 0.3 is 6.36 Å². The number of ether oxygens (including phenoxy) is 2. The number of anilines is 1. The van der Waals surface area contributed by atoms with E-state index < -0.39 is 14.4 Å². The SMILES string of the molecule is COc1cc(OC(F)(F)F)ccc1-c1nc(C#C[Si](C)(C)C)c(N)cc1C. The van der Waals surface area contributed by atoms with E-state index in [1.807, 2.05) is 6.92 Å². The average molecular weight is 394 g/mol. The second-order valence-corrected chi connectivity index (χ2v) is 11.8. The summed E-state index contributed by atoms with van der Waals surface area (Å²) in [5.74, 6) is 2.88. The molecule has 1 aromatic carbocycles. The Morgan fingerprint density at radius 2 is 1.81 bits per heavy atom. The number of aryl methyl sites for hydroxylation is 1. The second-order valence-electron chi connectivity index (χ2n) is 7.00. The summed E-state index contributed by atoms with van der Waals surface area (Å²) >= 11 is 0. The van der Waals surface area contributed by atoms with E-state index in [0.29, 0.717) is 22.6 Å². The third-order valence-electron chi connectivity index (χ3n) is 3.46. The Kier molecular flexibility index (Phi) is 5.75. The van der Waals surface area contributed by atoms with Gasteiger partial charge in [-0.15, -0.1) is 18.7 Å². The summed E-state index contributed by atoms with van der Waals surface area (Å²) in [5.41, 5.74) is 12.0. The first kappa shape index (κ1) is 20.6. The number of nitrogens with zero attached hydrogens (tertiary/aromatic N) is 1. The van der Waals surface area contributed by atoms with Crippen molar-refractivity contribution >= 4 is 13.8 Å². The quantitative estimate of drug-likeness (QED) is 0.602. The zero-order valence-corrected chi connectivity index (χ0v) is 16.8. The average Bonchev–Trinajstić information content (AvgIpc) is 2.52. The van der Waals surface area contributed by atoms with Crippen molar-refractivity contribution in [3.63, 3.8) is 0 Å². The van der Waals surface area contributed by atoms with E-state index in [0.717, 1.165) is 5.56 Å². The third kappa shape index (κ3) is 5.66. The van der Waals surface area contributed by atoms with Crippen LogP contribution in [0.4, 0.5) is 18.9 Å². The van der Waals surface area contributed by atoms with Crippen molar-refractivity contribution in [3.05, 3.63) is 35.5 Å². The number of nitrogen functional groups attached to an aromatic ring is 1. The van der Waals surface area contributed by atoms with E-state index in [1.165, 1.54) is 25.3 Å². The van der Waals surface area contributed by atoms with Crippen LogP contribution in [-0.4, -0.2) is 26.5 Å². The summed E-state index contributed by atoms with van der Waals surface area (Å²) in [5, 5.41) is 0. The Morgan fingerprint density at radius 1 is 1.15 bits per heavy atom. The molecule has 0 atom stereocenters. The van der Waals surface area contributed by atoms with Crippen LogP contribution < -0.4 is 15.2 Å². The van der Waals surface area contributed by atoms with Crippen molar-refractivity contribution in [1.82, 2.24) is 4.98 Å². The van der Waals surface area contributed by atoms with Crippen molar-refractivity contribution in [2.24, 2.45) is 0 Å². The van der Waals surface area contributed by atoms with Crippen molar-refractivity contribution < 1.29 is 22.6 Å². The molecule has 2 aromatic rings. The van der Waals surface area contributed by atoms with E-state index in [2.05, 4.69) is 40.8 Å². The zero-order valence-electron chi connectivity index (χ0n) is 15.8. The molecule has 0 aliphatic heterocycles. The molecule has 0 saturated heterocycles. The first-order valence-corrected chi connectivity index (χ1v) is 11.6. The molecule has 0 spiro atoms. The van der Waals surface area contributed by atoms with Gasteiger partial charge in [0, 0.05) is 11.6 Å². The summed E-state index contributed by atoms with van der Waals surface area (Å²) in [6.07, 6.45) is -4.78. The molecule has 1 heterocycles. The van der Waals surface area contributed by atoms with Crippen LogP contribution in [0, 0.1) is 18.4 Å². The van der Waals surface area contributed by atoms with Crippen LogP contribution in [0.15, 0.2) is 24.3 Å². The van der Waals surface area contributed by atoms with Crippen LogP contribution in [0.2, 0.25) is 19.6 Å². The van der Waals surface area contributed by atoms with Crippen molar-refractivity contribution in [2.75, 3.05) is 12.8 Å². The standard InChI is InChI=1S/C19H21F3N2O2Si/c1-12-10-15(23)16(8-9-27(3,4)5)24-18(12)14-7-6-13(11-17(14)25-2)26-19(20,21)22/h6-7,10-11H,23H2,1-5H3.